The van der Waals surface area contributed by atoms with Crippen LogP contribution in [0, 0.1) is 5.13 Å². The number of likely N-dealkylation sites (N-methyl/N-ethyl adjacent to an activating group) is 1. The molecule has 1 aromatic carbocycles. The molecular weight excluding hydrogens is 515 g/mol. The number of halogens is 1. The van der Waals surface area contributed by atoms with Gasteiger partial charge in [-0.3, -0.25) is 14.9 Å². The average Bonchev–Trinajstić information content (AvgIpc) is 3.44. The largest absolute Gasteiger partial charge is 0.459 e. The second-order valence-electron chi connectivity index (χ2n) is 8.83. The molecular formula is C22H27FN4O7S2. The number of esters is 1. The van der Waals surface area contributed by atoms with E-state index in [1.54, 1.807) is 20.8 Å². The van der Waals surface area contributed by atoms with Gasteiger partial charge in [0.2, 0.25) is 10.0 Å². The molecule has 1 saturated heterocycles. The molecule has 11 nitrogen and oxygen atoms in total. The summed E-state index contributed by atoms with van der Waals surface area (Å²) in [6, 6.07) is 5.31. The van der Waals surface area contributed by atoms with E-state index < -0.39 is 39.2 Å². The number of hydrogen-bond acceptors (Lipinski definition) is 10. The molecule has 14 heteroatoms. The average molecular weight is 543 g/mol. The van der Waals surface area contributed by atoms with Crippen LogP contribution in [-0.4, -0.2) is 73.8 Å². The number of thiazole rings is 1. The van der Waals surface area contributed by atoms with E-state index in [9.17, 15) is 22.4 Å². The van der Waals surface area contributed by atoms with Crippen molar-refractivity contribution in [3.05, 3.63) is 41.2 Å². The first-order valence-corrected chi connectivity index (χ1v) is 13.1. The van der Waals surface area contributed by atoms with Crippen LogP contribution in [0.15, 0.2) is 40.5 Å². The number of ether oxygens (including phenoxy) is 2. The van der Waals surface area contributed by atoms with Gasteiger partial charge in [0.1, 0.15) is 12.1 Å². The Morgan fingerprint density at radius 2 is 2.00 bits per heavy atom. The maximum Gasteiger partial charge on any atom is 0.321 e. The summed E-state index contributed by atoms with van der Waals surface area (Å²) in [7, 11) is -2.77. The number of carbonyl (C=O) groups is 2. The van der Waals surface area contributed by atoms with E-state index in [1.807, 2.05) is 0 Å². The Balaban J connectivity index is 1.80. The lowest BCUT2D eigenvalue weighted by Gasteiger charge is -2.22. The van der Waals surface area contributed by atoms with Gasteiger partial charge in [-0.25, -0.2) is 13.4 Å². The van der Waals surface area contributed by atoms with Gasteiger partial charge in [-0.15, -0.1) is 0 Å². The number of nitrogens with zero attached hydrogens (tertiary/aromatic N) is 3. The number of anilines is 1. The lowest BCUT2D eigenvalue weighted by molar-refractivity contribution is -0.154. The van der Waals surface area contributed by atoms with E-state index in [2.05, 4.69) is 15.5 Å². The van der Waals surface area contributed by atoms with Gasteiger partial charge in [0.25, 0.3) is 5.91 Å². The minimum Gasteiger partial charge on any atom is -0.459 e. The van der Waals surface area contributed by atoms with Gasteiger partial charge in [0.05, 0.1) is 24.3 Å². The van der Waals surface area contributed by atoms with Crippen LogP contribution in [0.1, 0.15) is 32.8 Å². The van der Waals surface area contributed by atoms with E-state index in [1.165, 1.54) is 31.3 Å². The smallest absolute Gasteiger partial charge is 0.321 e. The maximum absolute atomic E-state index is 13.3. The molecule has 1 amide bonds. The van der Waals surface area contributed by atoms with Crippen LogP contribution in [-0.2, 0) is 33.9 Å². The normalized spacial score (nSPS) is 16.7. The van der Waals surface area contributed by atoms with E-state index in [-0.39, 0.29) is 27.4 Å². The summed E-state index contributed by atoms with van der Waals surface area (Å²) in [4.78, 5) is 34.0. The number of nitrogens with one attached hydrogen (secondary N) is 1. The fraction of sp³-hybridized carbons (Fsp3) is 0.455. The SMILES string of the molecule is CN(CC(=O)OC(C)(C)C)S(=O)(=O)c1ccc(/C(=N\O[C@@H]2CCOC2)C(=O)Nc2ncc(F)s2)cc1. The fourth-order valence-electron chi connectivity index (χ4n) is 3.02. The number of rotatable bonds is 9. The Morgan fingerprint density at radius 3 is 2.56 bits per heavy atom. The summed E-state index contributed by atoms with van der Waals surface area (Å²) in [5.41, 5.74) is -0.669. The summed E-state index contributed by atoms with van der Waals surface area (Å²) < 4.78 is 50.4. The highest BCUT2D eigenvalue weighted by molar-refractivity contribution is 7.89. The van der Waals surface area contributed by atoms with Crippen LogP contribution in [0.4, 0.5) is 9.52 Å². The zero-order valence-corrected chi connectivity index (χ0v) is 21.8. The first kappa shape index (κ1) is 27.6. The van der Waals surface area contributed by atoms with Gasteiger partial charge in [0.15, 0.2) is 22.1 Å². The van der Waals surface area contributed by atoms with Gasteiger partial charge >= 0.3 is 5.97 Å². The van der Waals surface area contributed by atoms with Gasteiger partial charge in [-0.2, -0.15) is 8.70 Å². The minimum atomic E-state index is -4.03. The highest BCUT2D eigenvalue weighted by Crippen LogP contribution is 2.20. The Morgan fingerprint density at radius 1 is 1.31 bits per heavy atom. The molecule has 1 N–H and O–H groups in total. The van der Waals surface area contributed by atoms with Crippen LogP contribution in [0.25, 0.3) is 0 Å². The number of carbonyl (C=O) groups excluding carboxylic acids is 2. The number of sulfonamides is 1. The summed E-state index contributed by atoms with van der Waals surface area (Å²) in [6.07, 6.45) is 1.22. The predicted molar refractivity (Wildman–Crippen MR) is 130 cm³/mol. The molecule has 2 aromatic rings. The summed E-state index contributed by atoms with van der Waals surface area (Å²) in [5.74, 6) is -1.41. The quantitative estimate of drug-likeness (QED) is 0.290. The highest BCUT2D eigenvalue weighted by Gasteiger charge is 2.27. The van der Waals surface area contributed by atoms with E-state index >= 15 is 0 Å². The summed E-state index contributed by atoms with van der Waals surface area (Å²) in [5, 5.41) is 5.86. The third-order valence-corrected chi connectivity index (χ3v) is 7.22. The van der Waals surface area contributed by atoms with Gasteiger partial charge in [-0.05, 0) is 32.9 Å². The van der Waals surface area contributed by atoms with Gasteiger partial charge < -0.3 is 14.3 Å². The standard InChI is InChI=1S/C22H27FN4O7S2/c1-22(2,3)33-18(28)12-27(4)36(30,31)16-7-5-14(6-8-16)19(26-34-15-9-10-32-13-15)20(29)25-21-24-11-17(23)35-21/h5-8,11,15H,9-10,12-13H2,1-4H3,(H,24,25,29)/b26-19+/t15-/m1/s1. The van der Waals surface area contributed by atoms with Crippen LogP contribution in [0.3, 0.4) is 0 Å². The van der Waals surface area contributed by atoms with Crippen molar-refractivity contribution in [1.82, 2.24) is 9.29 Å². The lowest BCUT2D eigenvalue weighted by atomic mass is 10.1. The van der Waals surface area contributed by atoms with Crippen molar-refractivity contribution >= 4 is 44.1 Å². The predicted octanol–water partition coefficient (Wildman–Crippen LogP) is 2.39. The topological polar surface area (TPSA) is 136 Å². The minimum absolute atomic E-state index is 0.0253. The number of benzene rings is 1. The summed E-state index contributed by atoms with van der Waals surface area (Å²) >= 11 is 0.641. The van der Waals surface area contributed by atoms with E-state index in [4.69, 9.17) is 14.3 Å². The van der Waals surface area contributed by atoms with E-state index in [0.717, 1.165) is 10.5 Å². The molecule has 0 aliphatic carbocycles. The first-order chi connectivity index (χ1) is 16.8. The van der Waals surface area contributed by atoms with E-state index in [0.29, 0.717) is 31.0 Å². The second kappa shape index (κ2) is 11.4. The van der Waals surface area contributed by atoms with Crippen molar-refractivity contribution in [3.63, 3.8) is 0 Å². The second-order valence-corrected chi connectivity index (χ2v) is 11.9. The van der Waals surface area contributed by atoms with Crippen LogP contribution in [0.5, 0.6) is 0 Å². The zero-order chi connectivity index (χ0) is 26.5. The number of aromatic nitrogens is 1. The molecule has 1 aliphatic heterocycles. The lowest BCUT2D eigenvalue weighted by Crippen LogP contribution is -2.36. The molecule has 1 aliphatic rings. The van der Waals surface area contributed by atoms with Crippen molar-refractivity contribution in [2.75, 3.05) is 32.1 Å². The number of amides is 1. The number of oxime groups is 1. The molecule has 0 spiro atoms. The maximum atomic E-state index is 13.3. The third-order valence-electron chi connectivity index (χ3n) is 4.70. The van der Waals surface area contributed by atoms with Crippen molar-refractivity contribution < 1.29 is 36.7 Å². The zero-order valence-electron chi connectivity index (χ0n) is 20.2. The van der Waals surface area contributed by atoms with Gasteiger partial charge in [-0.1, -0.05) is 28.6 Å². The molecule has 196 valence electrons. The molecule has 1 aromatic heterocycles. The Hall–Kier alpha value is -2.94. The highest BCUT2D eigenvalue weighted by atomic mass is 32.2. The molecule has 1 atom stereocenters. The van der Waals surface area contributed by atoms with Crippen LogP contribution < -0.4 is 5.32 Å². The van der Waals surface area contributed by atoms with Crippen LogP contribution >= 0.6 is 11.3 Å². The summed E-state index contributed by atoms with van der Waals surface area (Å²) in [6.45, 7) is 5.39. The third kappa shape index (κ3) is 7.53. The molecule has 0 radical (unpaired) electrons. The molecule has 1 fully saturated rings. The van der Waals surface area contributed by atoms with Gasteiger partial charge in [0, 0.05) is 19.0 Å². The Kier molecular flexibility index (Phi) is 8.76. The monoisotopic (exact) mass is 542 g/mol. The van der Waals surface area contributed by atoms with Crippen molar-refractivity contribution in [2.45, 2.75) is 43.8 Å². The molecule has 0 saturated carbocycles. The Labute approximate surface area is 212 Å². The number of hydrogen-bond donors (Lipinski definition) is 1. The fourth-order valence-corrected chi connectivity index (χ4v) is 4.68. The van der Waals surface area contributed by atoms with Crippen molar-refractivity contribution in [3.8, 4) is 0 Å². The molecule has 2 heterocycles. The molecule has 36 heavy (non-hydrogen) atoms. The Bertz CT molecular complexity index is 1220. The molecule has 0 unspecified atom stereocenters. The van der Waals surface area contributed by atoms with Crippen molar-refractivity contribution in [1.29, 1.82) is 0 Å². The van der Waals surface area contributed by atoms with Crippen LogP contribution in [0.2, 0.25) is 0 Å². The first-order valence-electron chi connectivity index (χ1n) is 10.9. The molecule has 0 bridgehead atoms. The van der Waals surface area contributed by atoms with Crippen molar-refractivity contribution in [2.24, 2.45) is 5.16 Å². The molecule has 3 rings (SSSR count).